The molecule has 0 saturated carbocycles. The Morgan fingerprint density at radius 2 is 2.33 bits per heavy atom. The van der Waals surface area contributed by atoms with E-state index in [4.69, 9.17) is 5.73 Å². The number of nitrogens with two attached hydrogens (primary N) is 1. The molecular weight excluding hydrogens is 264 g/mol. The number of hydrogen-bond acceptors (Lipinski definition) is 3. The third-order valence-electron chi connectivity index (χ3n) is 2.96. The van der Waals surface area contributed by atoms with Crippen LogP contribution in [0.3, 0.4) is 0 Å². The van der Waals surface area contributed by atoms with Gasteiger partial charge >= 0.3 is 0 Å². The highest BCUT2D eigenvalue weighted by Crippen LogP contribution is 2.13. The van der Waals surface area contributed by atoms with Crippen LogP contribution >= 0.6 is 0 Å². The summed E-state index contributed by atoms with van der Waals surface area (Å²) < 4.78 is 1.59. The normalized spacial score (nSPS) is 11.3. The Labute approximate surface area is 124 Å². The first-order chi connectivity index (χ1) is 10.2. The molecule has 0 fully saturated rings. The van der Waals surface area contributed by atoms with E-state index in [1.807, 2.05) is 31.2 Å². The minimum atomic E-state index is -0.0901. The third kappa shape index (κ3) is 4.48. The van der Waals surface area contributed by atoms with Gasteiger partial charge in [-0.2, -0.15) is 5.10 Å². The molecule has 1 heterocycles. The van der Waals surface area contributed by atoms with Gasteiger partial charge in [-0.15, -0.1) is 0 Å². The van der Waals surface area contributed by atoms with E-state index < -0.39 is 0 Å². The summed E-state index contributed by atoms with van der Waals surface area (Å²) in [6.07, 6.45) is 3.41. The molecule has 0 spiro atoms. The molecule has 0 aliphatic heterocycles. The van der Waals surface area contributed by atoms with Crippen LogP contribution in [0.1, 0.15) is 24.1 Å². The number of carbonyl (C=O) groups excluding carboxylic acids is 1. The van der Waals surface area contributed by atoms with Gasteiger partial charge in [0.15, 0.2) is 0 Å². The third-order valence-corrected chi connectivity index (χ3v) is 2.96. The zero-order valence-corrected chi connectivity index (χ0v) is 11.9. The van der Waals surface area contributed by atoms with Crippen molar-refractivity contribution in [3.05, 3.63) is 53.9 Å². The van der Waals surface area contributed by atoms with E-state index in [0.717, 1.165) is 11.1 Å². The highest BCUT2D eigenvalue weighted by atomic mass is 16.2. The molecule has 2 rings (SSSR count). The van der Waals surface area contributed by atoms with Crippen molar-refractivity contribution in [2.45, 2.75) is 19.5 Å². The Morgan fingerprint density at radius 3 is 3.05 bits per heavy atom. The Kier molecular flexibility index (Phi) is 5.13. The fourth-order valence-corrected chi connectivity index (χ4v) is 1.95. The standard InChI is InChI=1S/C16H18N4O/c1-13(19-16(21)12-20-10-4-9-18-20)15-7-2-5-14(11-15)6-3-8-17/h2,4-5,7,9-11,13H,8,12,17H2,1H3,(H,19,21). The molecule has 5 heteroatoms. The summed E-state index contributed by atoms with van der Waals surface area (Å²) in [5.41, 5.74) is 7.27. The van der Waals surface area contributed by atoms with Crippen LogP contribution in [0.15, 0.2) is 42.7 Å². The van der Waals surface area contributed by atoms with Crippen molar-refractivity contribution in [2.75, 3.05) is 6.54 Å². The quantitative estimate of drug-likeness (QED) is 0.824. The number of rotatable bonds is 4. The fourth-order valence-electron chi connectivity index (χ4n) is 1.95. The molecule has 0 saturated heterocycles. The first-order valence-corrected chi connectivity index (χ1v) is 6.74. The molecule has 108 valence electrons. The Hall–Kier alpha value is -2.58. The molecule has 21 heavy (non-hydrogen) atoms. The lowest BCUT2D eigenvalue weighted by Crippen LogP contribution is -2.30. The van der Waals surface area contributed by atoms with Crippen LogP contribution in [0.4, 0.5) is 0 Å². The lowest BCUT2D eigenvalue weighted by atomic mass is 10.1. The maximum atomic E-state index is 11.9. The Balaban J connectivity index is 1.99. The van der Waals surface area contributed by atoms with E-state index in [9.17, 15) is 4.79 Å². The lowest BCUT2D eigenvalue weighted by molar-refractivity contribution is -0.122. The highest BCUT2D eigenvalue weighted by Gasteiger charge is 2.10. The van der Waals surface area contributed by atoms with Crippen LogP contribution in [-0.4, -0.2) is 22.2 Å². The molecule has 1 aromatic heterocycles. The van der Waals surface area contributed by atoms with Crippen molar-refractivity contribution < 1.29 is 4.79 Å². The molecule has 5 nitrogen and oxygen atoms in total. The Morgan fingerprint density at radius 1 is 1.48 bits per heavy atom. The maximum Gasteiger partial charge on any atom is 0.242 e. The molecule has 3 N–H and O–H groups in total. The van der Waals surface area contributed by atoms with E-state index >= 15 is 0 Å². The summed E-state index contributed by atoms with van der Waals surface area (Å²) in [6, 6.07) is 9.47. The van der Waals surface area contributed by atoms with E-state index in [1.165, 1.54) is 0 Å². The molecule has 0 bridgehead atoms. The first-order valence-electron chi connectivity index (χ1n) is 6.74. The van der Waals surface area contributed by atoms with Gasteiger partial charge in [-0.25, -0.2) is 0 Å². The first kappa shape index (κ1) is 14.8. The number of aromatic nitrogens is 2. The van der Waals surface area contributed by atoms with Gasteiger partial charge in [0.1, 0.15) is 6.54 Å². The monoisotopic (exact) mass is 282 g/mol. The molecule has 2 aromatic rings. The summed E-state index contributed by atoms with van der Waals surface area (Å²) in [4.78, 5) is 11.9. The number of benzene rings is 1. The van der Waals surface area contributed by atoms with Gasteiger partial charge in [0.05, 0.1) is 12.6 Å². The minimum Gasteiger partial charge on any atom is -0.348 e. The average Bonchev–Trinajstić information content (AvgIpc) is 2.98. The molecule has 0 radical (unpaired) electrons. The van der Waals surface area contributed by atoms with E-state index in [1.54, 1.807) is 23.1 Å². The number of hydrogen-bond donors (Lipinski definition) is 2. The minimum absolute atomic E-state index is 0.0790. The van der Waals surface area contributed by atoms with Crippen LogP contribution < -0.4 is 11.1 Å². The van der Waals surface area contributed by atoms with Crippen LogP contribution in [0, 0.1) is 11.8 Å². The lowest BCUT2D eigenvalue weighted by Gasteiger charge is -2.14. The number of nitrogens with one attached hydrogen (secondary N) is 1. The van der Waals surface area contributed by atoms with Crippen molar-refractivity contribution in [1.29, 1.82) is 0 Å². The van der Waals surface area contributed by atoms with E-state index in [2.05, 4.69) is 22.3 Å². The predicted molar refractivity (Wildman–Crippen MR) is 81.2 cm³/mol. The van der Waals surface area contributed by atoms with Crippen LogP contribution in [0.5, 0.6) is 0 Å². The van der Waals surface area contributed by atoms with Crippen LogP contribution in [0.2, 0.25) is 0 Å². The summed E-state index contributed by atoms with van der Waals surface area (Å²) >= 11 is 0. The SMILES string of the molecule is CC(NC(=O)Cn1cccn1)c1cccc(C#CCN)c1. The average molecular weight is 282 g/mol. The fraction of sp³-hybridized carbons (Fsp3) is 0.250. The van der Waals surface area contributed by atoms with Gasteiger partial charge in [0.25, 0.3) is 0 Å². The molecule has 1 unspecified atom stereocenters. The van der Waals surface area contributed by atoms with E-state index in [-0.39, 0.29) is 18.5 Å². The van der Waals surface area contributed by atoms with Crippen molar-refractivity contribution in [3.8, 4) is 11.8 Å². The van der Waals surface area contributed by atoms with Gasteiger partial charge in [0.2, 0.25) is 5.91 Å². The topological polar surface area (TPSA) is 72.9 Å². The van der Waals surface area contributed by atoms with Crippen molar-refractivity contribution in [3.63, 3.8) is 0 Å². The van der Waals surface area contributed by atoms with Gasteiger partial charge < -0.3 is 11.1 Å². The second kappa shape index (κ2) is 7.27. The largest absolute Gasteiger partial charge is 0.348 e. The van der Waals surface area contributed by atoms with Gasteiger partial charge in [-0.1, -0.05) is 24.0 Å². The maximum absolute atomic E-state index is 11.9. The molecule has 1 amide bonds. The number of carbonyl (C=O) groups is 1. The van der Waals surface area contributed by atoms with Crippen LogP contribution in [-0.2, 0) is 11.3 Å². The van der Waals surface area contributed by atoms with Gasteiger partial charge in [0, 0.05) is 18.0 Å². The second-order valence-corrected chi connectivity index (χ2v) is 4.62. The highest BCUT2D eigenvalue weighted by molar-refractivity contribution is 5.76. The van der Waals surface area contributed by atoms with Gasteiger partial charge in [-0.05, 0) is 30.7 Å². The zero-order chi connectivity index (χ0) is 15.1. The summed E-state index contributed by atoms with van der Waals surface area (Å²) in [5, 5.41) is 6.95. The van der Waals surface area contributed by atoms with Crippen LogP contribution in [0.25, 0.3) is 0 Å². The van der Waals surface area contributed by atoms with Crippen molar-refractivity contribution >= 4 is 5.91 Å². The van der Waals surface area contributed by atoms with Crippen molar-refractivity contribution in [1.82, 2.24) is 15.1 Å². The smallest absolute Gasteiger partial charge is 0.242 e. The molecule has 1 aromatic carbocycles. The van der Waals surface area contributed by atoms with E-state index in [0.29, 0.717) is 6.54 Å². The molecule has 1 atom stereocenters. The molecule has 0 aliphatic carbocycles. The summed E-state index contributed by atoms with van der Waals surface area (Å²) in [6.45, 7) is 2.49. The zero-order valence-electron chi connectivity index (χ0n) is 11.9. The van der Waals surface area contributed by atoms with Crippen molar-refractivity contribution in [2.24, 2.45) is 5.73 Å². The Bertz CT molecular complexity index is 652. The summed E-state index contributed by atoms with van der Waals surface area (Å²) in [7, 11) is 0. The summed E-state index contributed by atoms with van der Waals surface area (Å²) in [5.74, 6) is 5.73. The van der Waals surface area contributed by atoms with Gasteiger partial charge in [-0.3, -0.25) is 9.48 Å². The predicted octanol–water partition coefficient (Wildman–Crippen LogP) is 1.07. The second-order valence-electron chi connectivity index (χ2n) is 4.62. The molecular formula is C16H18N4O. The number of nitrogens with zero attached hydrogens (tertiary/aromatic N) is 2. The number of amides is 1. The molecule has 0 aliphatic rings.